The van der Waals surface area contributed by atoms with Crippen LogP contribution >= 0.6 is 0 Å². The van der Waals surface area contributed by atoms with E-state index in [0.29, 0.717) is 7.18 Å². The van der Waals surface area contributed by atoms with Crippen LogP contribution in [-0.4, -0.2) is 7.18 Å². The van der Waals surface area contributed by atoms with Crippen molar-refractivity contribution in [3.63, 3.8) is 0 Å². The third-order valence-electron chi connectivity index (χ3n) is 1.46. The molecule has 0 nitrogen and oxygen atoms in total. The van der Waals surface area contributed by atoms with E-state index in [9.17, 15) is 4.39 Å². The summed E-state index contributed by atoms with van der Waals surface area (Å²) in [5, 5.41) is 0. The first-order valence-electron chi connectivity index (χ1n) is 4.29. The molecule has 0 aliphatic rings. The van der Waals surface area contributed by atoms with Gasteiger partial charge in [0, 0.05) is 0 Å². The van der Waals surface area contributed by atoms with E-state index in [4.69, 9.17) is 0 Å². The maximum atomic E-state index is 9.50. The molecule has 0 radical (unpaired) electrons. The minimum atomic E-state index is 0.500. The van der Waals surface area contributed by atoms with Crippen molar-refractivity contribution >= 4 is 0 Å². The van der Waals surface area contributed by atoms with Crippen LogP contribution in [0.2, 0.25) is 0 Å². The largest absolute Gasteiger partial charge is 0.255 e. The van der Waals surface area contributed by atoms with Crippen LogP contribution in [0.4, 0.5) is 4.39 Å². The molecule has 0 aromatic rings. The Bertz CT molecular complexity index is 29.7. The summed E-state index contributed by atoms with van der Waals surface area (Å²) >= 11 is 0. The molecule has 10 heavy (non-hydrogen) atoms. The van der Waals surface area contributed by atoms with Crippen molar-refractivity contribution in [2.24, 2.45) is 0 Å². The van der Waals surface area contributed by atoms with Gasteiger partial charge in [-0.15, -0.1) is 0 Å². The minimum Gasteiger partial charge on any atom is -0.255 e. The summed E-state index contributed by atoms with van der Waals surface area (Å²) in [4.78, 5) is 0. The summed E-state index contributed by atoms with van der Waals surface area (Å²) in [6.45, 7) is 4.51. The predicted octanol–water partition coefficient (Wildman–Crippen LogP) is 3.95. The Hall–Kier alpha value is -0.0700. The quantitative estimate of drug-likeness (QED) is 0.518. The molecular weight excluding hydrogens is 127 g/mol. The lowest BCUT2D eigenvalue weighted by Crippen LogP contribution is -1.73. The molecule has 1 heteroatoms. The standard InChI is InChI=1S/C8H18.CH3F/c1-3-5-7-8-6-4-2;1-2/h3-8H2,1-2H3;1H3. The highest BCUT2D eigenvalue weighted by Gasteiger charge is 1.83. The minimum absolute atomic E-state index is 0.500. The molecule has 0 amide bonds. The van der Waals surface area contributed by atoms with E-state index in [1.807, 2.05) is 0 Å². The zero-order valence-corrected chi connectivity index (χ0v) is 7.62. The summed E-state index contributed by atoms with van der Waals surface area (Å²) < 4.78 is 9.50. The fourth-order valence-electron chi connectivity index (χ4n) is 0.854. The number of hydrogen-bond acceptors (Lipinski definition) is 0. The van der Waals surface area contributed by atoms with Gasteiger partial charge in [0.25, 0.3) is 0 Å². The van der Waals surface area contributed by atoms with Gasteiger partial charge >= 0.3 is 0 Å². The Labute approximate surface area is 64.8 Å². The molecule has 0 spiro atoms. The van der Waals surface area contributed by atoms with Gasteiger partial charge in [-0.3, -0.25) is 4.39 Å². The average molecular weight is 148 g/mol. The highest BCUT2D eigenvalue weighted by molar-refractivity contribution is 4.39. The fraction of sp³-hybridized carbons (Fsp3) is 1.00. The van der Waals surface area contributed by atoms with Gasteiger partial charge in [-0.2, -0.15) is 0 Å². The van der Waals surface area contributed by atoms with Gasteiger partial charge in [-0.1, -0.05) is 52.4 Å². The van der Waals surface area contributed by atoms with Gasteiger partial charge in [0.1, 0.15) is 0 Å². The molecule has 0 heterocycles. The first-order chi connectivity index (χ1) is 4.91. The van der Waals surface area contributed by atoms with E-state index in [0.717, 1.165) is 0 Å². The molecule has 0 aliphatic carbocycles. The molecule has 0 aromatic heterocycles. The smallest absolute Gasteiger partial charge is 0.0785 e. The van der Waals surface area contributed by atoms with E-state index in [-0.39, 0.29) is 0 Å². The molecule has 0 aliphatic heterocycles. The molecule has 0 saturated heterocycles. The third-order valence-corrected chi connectivity index (χ3v) is 1.46. The van der Waals surface area contributed by atoms with E-state index >= 15 is 0 Å². The second-order valence-corrected chi connectivity index (χ2v) is 2.41. The normalized spacial score (nSPS) is 8.40. The average Bonchev–Trinajstić information content (AvgIpc) is 2.02. The molecule has 0 saturated carbocycles. The maximum Gasteiger partial charge on any atom is 0.0785 e. The molecule has 0 fully saturated rings. The summed E-state index contributed by atoms with van der Waals surface area (Å²) in [7, 11) is 0.500. The van der Waals surface area contributed by atoms with E-state index < -0.39 is 0 Å². The topological polar surface area (TPSA) is 0 Å². The van der Waals surface area contributed by atoms with Crippen molar-refractivity contribution in [3.8, 4) is 0 Å². The van der Waals surface area contributed by atoms with Crippen molar-refractivity contribution in [2.75, 3.05) is 7.18 Å². The zero-order chi connectivity index (χ0) is 8.24. The third kappa shape index (κ3) is 15.7. The molecule has 0 rings (SSSR count). The van der Waals surface area contributed by atoms with Gasteiger partial charge in [0.05, 0.1) is 7.18 Å². The van der Waals surface area contributed by atoms with Crippen LogP contribution in [0.25, 0.3) is 0 Å². The molecule has 0 unspecified atom stereocenters. The number of unbranched alkanes of at least 4 members (excludes halogenated alkanes) is 5. The number of halogens is 1. The van der Waals surface area contributed by atoms with Crippen molar-refractivity contribution in [1.29, 1.82) is 0 Å². The van der Waals surface area contributed by atoms with Crippen LogP contribution in [-0.2, 0) is 0 Å². The van der Waals surface area contributed by atoms with Crippen molar-refractivity contribution in [2.45, 2.75) is 52.4 Å². The molecule has 0 aromatic carbocycles. The zero-order valence-electron chi connectivity index (χ0n) is 7.62. The summed E-state index contributed by atoms with van der Waals surface area (Å²) in [6, 6.07) is 0. The van der Waals surface area contributed by atoms with Crippen LogP contribution in [0.5, 0.6) is 0 Å². The van der Waals surface area contributed by atoms with Gasteiger partial charge < -0.3 is 0 Å². The molecule has 64 valence electrons. The van der Waals surface area contributed by atoms with Crippen LogP contribution in [0.1, 0.15) is 52.4 Å². The van der Waals surface area contributed by atoms with Crippen LogP contribution in [0.15, 0.2) is 0 Å². The van der Waals surface area contributed by atoms with Crippen LogP contribution in [0.3, 0.4) is 0 Å². The Morgan fingerprint density at radius 3 is 1.20 bits per heavy atom. The first kappa shape index (κ1) is 12.6. The fourth-order valence-corrected chi connectivity index (χ4v) is 0.854. The Morgan fingerprint density at radius 1 is 0.700 bits per heavy atom. The van der Waals surface area contributed by atoms with E-state index in [2.05, 4.69) is 13.8 Å². The number of alkyl halides is 1. The Balaban J connectivity index is 0. The van der Waals surface area contributed by atoms with Gasteiger partial charge in [-0.05, 0) is 0 Å². The van der Waals surface area contributed by atoms with Crippen molar-refractivity contribution in [3.05, 3.63) is 0 Å². The summed E-state index contributed by atoms with van der Waals surface area (Å²) in [6.07, 6.45) is 8.49. The highest BCUT2D eigenvalue weighted by atomic mass is 19.1. The monoisotopic (exact) mass is 148 g/mol. The number of rotatable bonds is 5. The molecule has 0 atom stereocenters. The molecule has 0 N–H and O–H groups in total. The van der Waals surface area contributed by atoms with E-state index in [1.54, 1.807) is 0 Å². The SMILES string of the molecule is CCCCCCCC.CF. The predicted molar refractivity (Wildman–Crippen MR) is 46.1 cm³/mol. The molecular formula is C9H21F. The lowest BCUT2D eigenvalue weighted by Gasteiger charge is -1.93. The first-order valence-corrected chi connectivity index (χ1v) is 4.29. The second-order valence-electron chi connectivity index (χ2n) is 2.41. The Kier molecular flexibility index (Phi) is 20.1. The summed E-state index contributed by atoms with van der Waals surface area (Å²) in [5.41, 5.74) is 0. The van der Waals surface area contributed by atoms with Crippen molar-refractivity contribution < 1.29 is 4.39 Å². The van der Waals surface area contributed by atoms with Crippen LogP contribution < -0.4 is 0 Å². The lowest BCUT2D eigenvalue weighted by atomic mass is 10.1. The van der Waals surface area contributed by atoms with E-state index in [1.165, 1.54) is 38.5 Å². The summed E-state index contributed by atoms with van der Waals surface area (Å²) in [5.74, 6) is 0. The van der Waals surface area contributed by atoms with Crippen LogP contribution in [0, 0.1) is 0 Å². The van der Waals surface area contributed by atoms with Gasteiger partial charge in [0.2, 0.25) is 0 Å². The second kappa shape index (κ2) is 16.0. The van der Waals surface area contributed by atoms with Gasteiger partial charge in [-0.25, -0.2) is 0 Å². The maximum absolute atomic E-state index is 9.50. The Morgan fingerprint density at radius 2 is 1.00 bits per heavy atom. The lowest BCUT2D eigenvalue weighted by molar-refractivity contribution is 0.624. The van der Waals surface area contributed by atoms with Crippen molar-refractivity contribution in [1.82, 2.24) is 0 Å². The number of hydrogen-bond donors (Lipinski definition) is 0. The van der Waals surface area contributed by atoms with Gasteiger partial charge in [0.15, 0.2) is 0 Å². The highest BCUT2D eigenvalue weighted by Crippen LogP contribution is 2.03. The molecule has 0 bridgehead atoms.